The standard InChI is InChI=1S/C14H27NO2/c1-12-4-3-5-14(8-12,11-16)10-15-6-7-17-9-13(15)2/h12-13,16H,3-11H2,1-2H3. The molecule has 3 heteroatoms. The minimum atomic E-state index is 0.156. The zero-order chi connectivity index (χ0) is 12.3. The fourth-order valence-corrected chi connectivity index (χ4v) is 3.53. The van der Waals surface area contributed by atoms with Gasteiger partial charge < -0.3 is 9.84 Å². The first-order valence-electron chi connectivity index (χ1n) is 7.08. The fraction of sp³-hybridized carbons (Fsp3) is 1.00. The van der Waals surface area contributed by atoms with Crippen LogP contribution in [-0.2, 0) is 4.74 Å². The molecule has 0 amide bonds. The SMILES string of the molecule is CC1CCCC(CO)(CN2CCOCC2C)C1. The zero-order valence-electron chi connectivity index (χ0n) is 11.3. The second kappa shape index (κ2) is 5.68. The number of hydrogen-bond donors (Lipinski definition) is 1. The minimum Gasteiger partial charge on any atom is -0.396 e. The maximum atomic E-state index is 9.82. The molecule has 1 saturated heterocycles. The van der Waals surface area contributed by atoms with Crippen LogP contribution < -0.4 is 0 Å². The molecule has 100 valence electrons. The highest BCUT2D eigenvalue weighted by molar-refractivity contribution is 4.89. The largest absolute Gasteiger partial charge is 0.396 e. The number of aliphatic hydroxyl groups excluding tert-OH is 1. The first kappa shape index (κ1) is 13.3. The van der Waals surface area contributed by atoms with E-state index < -0.39 is 0 Å². The van der Waals surface area contributed by atoms with Gasteiger partial charge in [0.25, 0.3) is 0 Å². The van der Waals surface area contributed by atoms with Crippen molar-refractivity contribution >= 4 is 0 Å². The van der Waals surface area contributed by atoms with Crippen molar-refractivity contribution in [3.05, 3.63) is 0 Å². The van der Waals surface area contributed by atoms with E-state index in [2.05, 4.69) is 18.7 Å². The van der Waals surface area contributed by atoms with E-state index in [1.54, 1.807) is 0 Å². The average molecular weight is 241 g/mol. The Kier molecular flexibility index (Phi) is 4.45. The molecule has 2 aliphatic rings. The maximum absolute atomic E-state index is 9.82. The number of aliphatic hydroxyl groups is 1. The molecule has 0 aromatic rings. The Balaban J connectivity index is 1.97. The van der Waals surface area contributed by atoms with E-state index in [9.17, 15) is 5.11 Å². The number of morpholine rings is 1. The van der Waals surface area contributed by atoms with Gasteiger partial charge in [-0.1, -0.05) is 19.8 Å². The van der Waals surface area contributed by atoms with Crippen LogP contribution in [-0.4, -0.2) is 49.0 Å². The third-order valence-corrected chi connectivity index (χ3v) is 4.56. The van der Waals surface area contributed by atoms with E-state index in [1.165, 1.54) is 25.7 Å². The van der Waals surface area contributed by atoms with Crippen molar-refractivity contribution in [2.75, 3.05) is 32.9 Å². The fourth-order valence-electron chi connectivity index (χ4n) is 3.53. The highest BCUT2D eigenvalue weighted by Gasteiger charge is 2.37. The molecule has 3 atom stereocenters. The van der Waals surface area contributed by atoms with Crippen LogP contribution in [0.15, 0.2) is 0 Å². The second-order valence-corrected chi connectivity index (χ2v) is 6.25. The van der Waals surface area contributed by atoms with Gasteiger partial charge in [-0.25, -0.2) is 0 Å². The summed E-state index contributed by atoms with van der Waals surface area (Å²) >= 11 is 0. The van der Waals surface area contributed by atoms with Gasteiger partial charge in [0, 0.05) is 31.2 Å². The summed E-state index contributed by atoms with van der Waals surface area (Å²) in [6.45, 7) is 8.68. The Hall–Kier alpha value is -0.120. The summed E-state index contributed by atoms with van der Waals surface area (Å²) in [4.78, 5) is 2.51. The summed E-state index contributed by atoms with van der Waals surface area (Å²) in [5, 5.41) is 9.82. The van der Waals surface area contributed by atoms with Gasteiger partial charge in [-0.2, -0.15) is 0 Å². The molecule has 1 aliphatic carbocycles. The van der Waals surface area contributed by atoms with Crippen LogP contribution in [0.5, 0.6) is 0 Å². The second-order valence-electron chi connectivity index (χ2n) is 6.25. The molecule has 17 heavy (non-hydrogen) atoms. The molecule has 0 aromatic carbocycles. The summed E-state index contributed by atoms with van der Waals surface area (Å²) in [5.74, 6) is 0.771. The van der Waals surface area contributed by atoms with Gasteiger partial charge >= 0.3 is 0 Å². The monoisotopic (exact) mass is 241 g/mol. The summed E-state index contributed by atoms with van der Waals surface area (Å²) < 4.78 is 5.48. The van der Waals surface area contributed by atoms with Crippen molar-refractivity contribution in [1.82, 2.24) is 4.90 Å². The quantitative estimate of drug-likeness (QED) is 0.819. The van der Waals surface area contributed by atoms with Crippen LogP contribution in [0, 0.1) is 11.3 Å². The lowest BCUT2D eigenvalue weighted by atomic mass is 9.70. The normalized spacial score (nSPS) is 40.4. The third-order valence-electron chi connectivity index (χ3n) is 4.56. The first-order valence-corrected chi connectivity index (χ1v) is 7.08. The van der Waals surface area contributed by atoms with Crippen molar-refractivity contribution < 1.29 is 9.84 Å². The number of nitrogens with zero attached hydrogens (tertiary/aromatic N) is 1. The Labute approximate surface area is 105 Å². The van der Waals surface area contributed by atoms with Gasteiger partial charge in [-0.05, 0) is 25.7 Å². The van der Waals surface area contributed by atoms with Crippen LogP contribution in [0.3, 0.4) is 0 Å². The van der Waals surface area contributed by atoms with Gasteiger partial charge in [0.05, 0.1) is 13.2 Å². The Morgan fingerprint density at radius 3 is 2.88 bits per heavy atom. The molecule has 1 aliphatic heterocycles. The Morgan fingerprint density at radius 2 is 2.24 bits per heavy atom. The molecule has 0 bridgehead atoms. The summed E-state index contributed by atoms with van der Waals surface area (Å²) in [5.41, 5.74) is 0.156. The van der Waals surface area contributed by atoms with E-state index in [1.807, 2.05) is 0 Å². The smallest absolute Gasteiger partial charge is 0.0619 e. The van der Waals surface area contributed by atoms with E-state index in [0.717, 1.165) is 32.2 Å². The summed E-state index contributed by atoms with van der Waals surface area (Å²) in [6.07, 6.45) is 4.99. The number of rotatable bonds is 3. The van der Waals surface area contributed by atoms with Gasteiger partial charge in [-0.15, -0.1) is 0 Å². The molecule has 0 spiro atoms. The van der Waals surface area contributed by atoms with Crippen LogP contribution in [0.25, 0.3) is 0 Å². The van der Waals surface area contributed by atoms with Crippen molar-refractivity contribution in [3.63, 3.8) is 0 Å². The Bertz CT molecular complexity index is 246. The summed E-state index contributed by atoms with van der Waals surface area (Å²) in [7, 11) is 0. The zero-order valence-corrected chi connectivity index (χ0v) is 11.3. The highest BCUT2D eigenvalue weighted by atomic mass is 16.5. The van der Waals surface area contributed by atoms with Crippen LogP contribution >= 0.6 is 0 Å². The first-order chi connectivity index (χ1) is 8.15. The average Bonchev–Trinajstić information content (AvgIpc) is 2.32. The maximum Gasteiger partial charge on any atom is 0.0619 e. The van der Waals surface area contributed by atoms with E-state index in [0.29, 0.717) is 12.6 Å². The molecular formula is C14H27NO2. The predicted molar refractivity (Wildman–Crippen MR) is 69.0 cm³/mol. The van der Waals surface area contributed by atoms with Crippen molar-refractivity contribution in [2.45, 2.75) is 45.6 Å². The molecule has 0 radical (unpaired) electrons. The van der Waals surface area contributed by atoms with E-state index >= 15 is 0 Å². The molecule has 3 unspecified atom stereocenters. The molecule has 2 rings (SSSR count). The van der Waals surface area contributed by atoms with Gasteiger partial charge in [0.15, 0.2) is 0 Å². The summed E-state index contributed by atoms with van der Waals surface area (Å²) in [6, 6.07) is 0.504. The molecule has 2 fully saturated rings. The van der Waals surface area contributed by atoms with Gasteiger partial charge in [-0.3, -0.25) is 4.90 Å². The molecule has 1 N–H and O–H groups in total. The minimum absolute atomic E-state index is 0.156. The van der Waals surface area contributed by atoms with Gasteiger partial charge in [0.1, 0.15) is 0 Å². The lowest BCUT2D eigenvalue weighted by Gasteiger charge is -2.45. The molecule has 1 saturated carbocycles. The highest BCUT2D eigenvalue weighted by Crippen LogP contribution is 2.40. The topological polar surface area (TPSA) is 32.7 Å². The van der Waals surface area contributed by atoms with Crippen LogP contribution in [0.1, 0.15) is 39.5 Å². The number of hydrogen-bond acceptors (Lipinski definition) is 3. The third kappa shape index (κ3) is 3.21. The number of ether oxygens (including phenoxy) is 1. The van der Waals surface area contributed by atoms with Crippen LogP contribution in [0.4, 0.5) is 0 Å². The lowest BCUT2D eigenvalue weighted by molar-refractivity contribution is -0.0451. The Morgan fingerprint density at radius 1 is 1.41 bits per heavy atom. The van der Waals surface area contributed by atoms with Crippen molar-refractivity contribution in [3.8, 4) is 0 Å². The van der Waals surface area contributed by atoms with E-state index in [4.69, 9.17) is 4.74 Å². The molecule has 1 heterocycles. The predicted octanol–water partition coefficient (Wildman–Crippen LogP) is 1.90. The molecule has 3 nitrogen and oxygen atoms in total. The van der Waals surface area contributed by atoms with Crippen molar-refractivity contribution in [2.24, 2.45) is 11.3 Å². The molecule has 0 aromatic heterocycles. The van der Waals surface area contributed by atoms with Crippen LogP contribution in [0.2, 0.25) is 0 Å². The van der Waals surface area contributed by atoms with Crippen molar-refractivity contribution in [1.29, 1.82) is 0 Å². The lowest BCUT2D eigenvalue weighted by Crippen LogP contribution is -2.51. The van der Waals surface area contributed by atoms with Gasteiger partial charge in [0.2, 0.25) is 0 Å². The van der Waals surface area contributed by atoms with E-state index in [-0.39, 0.29) is 5.41 Å². The molecular weight excluding hydrogens is 214 g/mol.